The van der Waals surface area contributed by atoms with Gasteiger partial charge in [0.15, 0.2) is 0 Å². The molecule has 0 radical (unpaired) electrons. The van der Waals surface area contributed by atoms with E-state index in [1.807, 2.05) is 0 Å². The lowest BCUT2D eigenvalue weighted by Crippen LogP contribution is -2.29. The number of aryl methyl sites for hydroxylation is 1. The molecule has 0 saturated carbocycles. The van der Waals surface area contributed by atoms with E-state index in [-0.39, 0.29) is 23.2 Å². The first kappa shape index (κ1) is 14.8. The molecule has 1 saturated heterocycles. The summed E-state index contributed by atoms with van der Waals surface area (Å²) in [4.78, 5) is 11.0. The van der Waals surface area contributed by atoms with Gasteiger partial charge in [-0.25, -0.2) is 8.42 Å². The molecular formula is C11H14ClNO4S2. The number of carboxylic acids is 1. The Balaban J connectivity index is 2.29. The molecule has 0 aromatic carbocycles. The molecule has 1 fully saturated rings. The Labute approximate surface area is 120 Å². The summed E-state index contributed by atoms with van der Waals surface area (Å²) in [5, 5.41) is 9.05. The highest BCUT2D eigenvalue weighted by atomic mass is 35.5. The molecule has 1 aliphatic heterocycles. The minimum Gasteiger partial charge on any atom is -0.481 e. The Morgan fingerprint density at radius 1 is 1.53 bits per heavy atom. The van der Waals surface area contributed by atoms with Crippen LogP contribution in [0.2, 0.25) is 4.34 Å². The fourth-order valence-electron chi connectivity index (χ4n) is 2.13. The lowest BCUT2D eigenvalue weighted by molar-refractivity contribution is -0.142. The van der Waals surface area contributed by atoms with Crippen molar-refractivity contribution in [2.75, 3.05) is 13.1 Å². The molecule has 0 unspecified atom stereocenters. The fourth-order valence-corrected chi connectivity index (χ4v) is 5.56. The summed E-state index contributed by atoms with van der Waals surface area (Å²) in [6.07, 6.45) is 0. The van der Waals surface area contributed by atoms with Crippen LogP contribution in [0.15, 0.2) is 10.3 Å². The standard InChI is InChI=1S/C11H14ClNO4S2/c1-6-3-9(18-10(6)12)19(16,17)13-4-7(2)8(5-13)11(14)15/h3,7-8H,4-5H2,1-2H3,(H,14,15)/t7-,8-/m1/s1. The molecule has 0 bridgehead atoms. The van der Waals surface area contributed by atoms with Crippen molar-refractivity contribution in [2.45, 2.75) is 18.1 Å². The zero-order chi connectivity index (χ0) is 14.4. The van der Waals surface area contributed by atoms with Crippen LogP contribution in [0.1, 0.15) is 12.5 Å². The Kier molecular flexibility index (Phi) is 3.92. The molecule has 1 N–H and O–H groups in total. The molecule has 0 aliphatic carbocycles. The fraction of sp³-hybridized carbons (Fsp3) is 0.545. The Morgan fingerprint density at radius 3 is 2.58 bits per heavy atom. The van der Waals surface area contributed by atoms with Gasteiger partial charge >= 0.3 is 5.97 Å². The van der Waals surface area contributed by atoms with E-state index in [4.69, 9.17) is 16.7 Å². The van der Waals surface area contributed by atoms with Crippen molar-refractivity contribution in [3.63, 3.8) is 0 Å². The van der Waals surface area contributed by atoms with Crippen molar-refractivity contribution in [3.05, 3.63) is 16.0 Å². The molecule has 8 heteroatoms. The summed E-state index contributed by atoms with van der Waals surface area (Å²) < 4.78 is 26.7. The van der Waals surface area contributed by atoms with Crippen LogP contribution in [0, 0.1) is 18.8 Å². The van der Waals surface area contributed by atoms with Crippen molar-refractivity contribution in [2.24, 2.45) is 11.8 Å². The third-order valence-electron chi connectivity index (χ3n) is 3.32. The molecule has 1 aromatic heterocycles. The summed E-state index contributed by atoms with van der Waals surface area (Å²) in [6.45, 7) is 3.74. The van der Waals surface area contributed by atoms with E-state index in [1.54, 1.807) is 13.8 Å². The summed E-state index contributed by atoms with van der Waals surface area (Å²) in [5.41, 5.74) is 0.715. The highest BCUT2D eigenvalue weighted by Gasteiger charge is 2.41. The topological polar surface area (TPSA) is 74.7 Å². The summed E-state index contributed by atoms with van der Waals surface area (Å²) in [7, 11) is -3.64. The number of thiophene rings is 1. The number of hydrogen-bond acceptors (Lipinski definition) is 4. The van der Waals surface area contributed by atoms with E-state index in [1.165, 1.54) is 10.4 Å². The van der Waals surface area contributed by atoms with Crippen LogP contribution in [0.5, 0.6) is 0 Å². The van der Waals surface area contributed by atoms with Gasteiger partial charge in [-0.05, 0) is 24.5 Å². The maximum absolute atomic E-state index is 12.4. The van der Waals surface area contributed by atoms with E-state index in [0.717, 1.165) is 11.3 Å². The number of carboxylic acid groups (broad SMARTS) is 1. The number of sulfonamides is 1. The van der Waals surface area contributed by atoms with Crippen LogP contribution in [-0.2, 0) is 14.8 Å². The lowest BCUT2D eigenvalue weighted by atomic mass is 9.99. The second-order valence-electron chi connectivity index (χ2n) is 4.77. The van der Waals surface area contributed by atoms with Crippen LogP contribution >= 0.6 is 22.9 Å². The van der Waals surface area contributed by atoms with Gasteiger partial charge < -0.3 is 5.11 Å². The molecule has 19 heavy (non-hydrogen) atoms. The van der Waals surface area contributed by atoms with Crippen molar-refractivity contribution >= 4 is 38.9 Å². The van der Waals surface area contributed by atoms with E-state index in [2.05, 4.69) is 0 Å². The highest BCUT2D eigenvalue weighted by Crippen LogP contribution is 2.35. The predicted molar refractivity (Wildman–Crippen MR) is 73.1 cm³/mol. The largest absolute Gasteiger partial charge is 0.481 e. The number of aliphatic carboxylic acids is 1. The van der Waals surface area contributed by atoms with E-state index >= 15 is 0 Å². The minimum atomic E-state index is -3.64. The summed E-state index contributed by atoms with van der Waals surface area (Å²) >= 11 is 6.90. The normalized spacial score (nSPS) is 24.8. The van der Waals surface area contributed by atoms with Gasteiger partial charge in [-0.2, -0.15) is 4.31 Å². The highest BCUT2D eigenvalue weighted by molar-refractivity contribution is 7.91. The van der Waals surface area contributed by atoms with Crippen LogP contribution in [0.3, 0.4) is 0 Å². The average Bonchev–Trinajstić information content (AvgIpc) is 2.84. The van der Waals surface area contributed by atoms with Gasteiger partial charge in [0, 0.05) is 13.1 Å². The third-order valence-corrected chi connectivity index (χ3v) is 7.16. The van der Waals surface area contributed by atoms with E-state index in [0.29, 0.717) is 9.90 Å². The Bertz CT molecular complexity index is 591. The van der Waals surface area contributed by atoms with Gasteiger partial charge in [-0.3, -0.25) is 4.79 Å². The second kappa shape index (κ2) is 5.05. The van der Waals surface area contributed by atoms with Gasteiger partial charge in [-0.1, -0.05) is 18.5 Å². The minimum absolute atomic E-state index is 0.0212. The van der Waals surface area contributed by atoms with Crippen LogP contribution in [0.4, 0.5) is 0 Å². The molecular weight excluding hydrogens is 310 g/mol. The second-order valence-corrected chi connectivity index (χ2v) is 8.59. The van der Waals surface area contributed by atoms with Crippen LogP contribution in [0.25, 0.3) is 0 Å². The molecule has 2 rings (SSSR count). The van der Waals surface area contributed by atoms with Crippen LogP contribution < -0.4 is 0 Å². The van der Waals surface area contributed by atoms with Crippen LogP contribution in [-0.4, -0.2) is 36.9 Å². The number of nitrogens with zero attached hydrogens (tertiary/aromatic N) is 1. The number of rotatable bonds is 3. The molecule has 0 amide bonds. The molecule has 106 valence electrons. The van der Waals surface area contributed by atoms with Crippen molar-refractivity contribution in [1.82, 2.24) is 4.31 Å². The average molecular weight is 324 g/mol. The lowest BCUT2D eigenvalue weighted by Gasteiger charge is -2.14. The van der Waals surface area contributed by atoms with Gasteiger partial charge in [0.25, 0.3) is 10.0 Å². The van der Waals surface area contributed by atoms with Gasteiger partial charge in [0.05, 0.1) is 10.3 Å². The quantitative estimate of drug-likeness (QED) is 0.923. The number of halogens is 1. The summed E-state index contributed by atoms with van der Waals surface area (Å²) in [5.74, 6) is -1.79. The van der Waals surface area contributed by atoms with E-state index in [9.17, 15) is 13.2 Å². The predicted octanol–water partition coefficient (Wildman–Crippen LogP) is 2.05. The Morgan fingerprint density at radius 2 is 2.16 bits per heavy atom. The maximum Gasteiger partial charge on any atom is 0.308 e. The SMILES string of the molecule is Cc1cc(S(=O)(=O)N2C[C@@H](C)[C@H](C(=O)O)C2)sc1Cl. The zero-order valence-corrected chi connectivity index (χ0v) is 12.8. The maximum atomic E-state index is 12.4. The monoisotopic (exact) mass is 323 g/mol. The number of carbonyl (C=O) groups is 1. The first-order valence-electron chi connectivity index (χ1n) is 5.72. The van der Waals surface area contributed by atoms with E-state index < -0.39 is 21.9 Å². The van der Waals surface area contributed by atoms with Gasteiger partial charge in [0.2, 0.25) is 0 Å². The summed E-state index contributed by atoms with van der Waals surface area (Å²) in [6, 6.07) is 1.53. The Hall–Kier alpha value is -0.630. The third kappa shape index (κ3) is 2.65. The van der Waals surface area contributed by atoms with Crippen molar-refractivity contribution in [1.29, 1.82) is 0 Å². The zero-order valence-electron chi connectivity index (χ0n) is 10.5. The number of hydrogen-bond donors (Lipinski definition) is 1. The van der Waals surface area contributed by atoms with Crippen molar-refractivity contribution < 1.29 is 18.3 Å². The van der Waals surface area contributed by atoms with Gasteiger partial charge in [0.1, 0.15) is 4.21 Å². The molecule has 0 spiro atoms. The van der Waals surface area contributed by atoms with Gasteiger partial charge in [-0.15, -0.1) is 11.3 Å². The molecule has 2 heterocycles. The van der Waals surface area contributed by atoms with Crippen molar-refractivity contribution in [3.8, 4) is 0 Å². The molecule has 5 nitrogen and oxygen atoms in total. The first-order valence-corrected chi connectivity index (χ1v) is 8.36. The smallest absolute Gasteiger partial charge is 0.308 e. The molecule has 1 aliphatic rings. The molecule has 2 atom stereocenters. The molecule has 1 aromatic rings. The first-order chi connectivity index (χ1) is 8.73.